The van der Waals surface area contributed by atoms with Crippen LogP contribution >= 0.6 is 11.3 Å². The average Bonchev–Trinajstić information content (AvgIpc) is 3.09. The molecule has 3 aromatic rings. The first-order valence-electron chi connectivity index (χ1n) is 10.1. The summed E-state index contributed by atoms with van der Waals surface area (Å²) < 4.78 is 14.5. The third-order valence-electron chi connectivity index (χ3n) is 5.98. The zero-order valence-electron chi connectivity index (χ0n) is 17.4. The first-order valence-corrected chi connectivity index (χ1v) is 10.9. The van der Waals surface area contributed by atoms with Crippen LogP contribution in [-0.4, -0.2) is 47.8 Å². The summed E-state index contributed by atoms with van der Waals surface area (Å²) >= 11 is 1.40. The van der Waals surface area contributed by atoms with Crippen LogP contribution < -0.4 is 0 Å². The zero-order valence-corrected chi connectivity index (χ0v) is 18.3. The first kappa shape index (κ1) is 20.5. The maximum Gasteiger partial charge on any atom is 0.264 e. The quantitative estimate of drug-likeness (QED) is 0.616. The number of aryl methyl sites for hydroxylation is 1. The van der Waals surface area contributed by atoms with Crippen LogP contribution in [0.2, 0.25) is 0 Å². The van der Waals surface area contributed by atoms with Crippen molar-refractivity contribution in [2.75, 3.05) is 26.2 Å². The molecule has 0 N–H and O–H groups in total. The lowest BCUT2D eigenvalue weighted by Gasteiger charge is -2.38. The molecule has 0 atom stereocenters. The molecule has 156 valence electrons. The van der Waals surface area contributed by atoms with Gasteiger partial charge in [0.1, 0.15) is 5.82 Å². The minimum Gasteiger partial charge on any atom is -0.338 e. The molecule has 0 bridgehead atoms. The standard InChI is InChI=1S/C24H25FN2O2S/c1-16-19-15-18(25)9-10-20(19)30-21(16)22(28)26-11-13-27(14-12-26)23(29)24(2,3)17-7-5-4-6-8-17/h4-10,15H,11-14H2,1-3H3. The maximum absolute atomic E-state index is 13.6. The minimum atomic E-state index is -0.612. The van der Waals surface area contributed by atoms with Crippen molar-refractivity contribution in [2.24, 2.45) is 0 Å². The molecule has 30 heavy (non-hydrogen) atoms. The van der Waals surface area contributed by atoms with Gasteiger partial charge in [0.05, 0.1) is 10.3 Å². The lowest BCUT2D eigenvalue weighted by Crippen LogP contribution is -2.54. The van der Waals surface area contributed by atoms with Gasteiger partial charge in [-0.1, -0.05) is 30.3 Å². The Morgan fingerprint density at radius 2 is 1.60 bits per heavy atom. The van der Waals surface area contributed by atoms with E-state index in [4.69, 9.17) is 0 Å². The number of amides is 2. The largest absolute Gasteiger partial charge is 0.338 e. The normalized spacial score (nSPS) is 14.9. The number of fused-ring (bicyclic) bond motifs is 1. The molecule has 1 aliphatic rings. The predicted molar refractivity (Wildman–Crippen MR) is 118 cm³/mol. The highest BCUT2D eigenvalue weighted by Crippen LogP contribution is 2.32. The third kappa shape index (κ3) is 3.60. The van der Waals surface area contributed by atoms with E-state index in [0.29, 0.717) is 31.1 Å². The fraction of sp³-hybridized carbons (Fsp3) is 0.333. The van der Waals surface area contributed by atoms with Gasteiger partial charge in [0.25, 0.3) is 5.91 Å². The molecule has 0 aliphatic carbocycles. The van der Waals surface area contributed by atoms with E-state index >= 15 is 0 Å². The predicted octanol–water partition coefficient (Wildman–Crippen LogP) is 4.61. The highest BCUT2D eigenvalue weighted by molar-refractivity contribution is 7.21. The van der Waals surface area contributed by atoms with Gasteiger partial charge in [0.2, 0.25) is 5.91 Å². The SMILES string of the molecule is Cc1c(C(=O)N2CCN(C(=O)C(C)(C)c3ccccc3)CC2)sc2ccc(F)cc12. The number of nitrogens with zero attached hydrogens (tertiary/aromatic N) is 2. The zero-order chi connectivity index (χ0) is 21.5. The fourth-order valence-corrected chi connectivity index (χ4v) is 5.18. The van der Waals surface area contributed by atoms with Gasteiger partial charge in [-0.05, 0) is 55.5 Å². The molecule has 0 radical (unpaired) electrons. The van der Waals surface area contributed by atoms with Crippen LogP contribution in [0.3, 0.4) is 0 Å². The summed E-state index contributed by atoms with van der Waals surface area (Å²) in [6.07, 6.45) is 0. The highest BCUT2D eigenvalue weighted by atomic mass is 32.1. The van der Waals surface area contributed by atoms with Gasteiger partial charge < -0.3 is 9.80 Å². The van der Waals surface area contributed by atoms with Crippen molar-refractivity contribution in [1.82, 2.24) is 9.80 Å². The Hall–Kier alpha value is -2.73. The number of carbonyl (C=O) groups is 2. The van der Waals surface area contributed by atoms with Crippen LogP contribution in [0.1, 0.15) is 34.6 Å². The number of hydrogen-bond acceptors (Lipinski definition) is 3. The van der Waals surface area contributed by atoms with Gasteiger partial charge in [0.15, 0.2) is 0 Å². The molecule has 2 heterocycles. The summed E-state index contributed by atoms with van der Waals surface area (Å²) in [4.78, 5) is 30.6. The Labute approximate surface area is 179 Å². The number of carbonyl (C=O) groups excluding carboxylic acids is 2. The van der Waals surface area contributed by atoms with Crippen LogP contribution in [-0.2, 0) is 10.2 Å². The second kappa shape index (κ2) is 7.84. The molecule has 4 rings (SSSR count). The molecule has 6 heteroatoms. The van der Waals surface area contributed by atoms with E-state index in [9.17, 15) is 14.0 Å². The number of thiophene rings is 1. The molecule has 2 amide bonds. The summed E-state index contributed by atoms with van der Waals surface area (Å²) in [5, 5.41) is 0.793. The van der Waals surface area contributed by atoms with Gasteiger partial charge in [0, 0.05) is 30.9 Å². The number of halogens is 1. The van der Waals surface area contributed by atoms with Crippen LogP contribution in [0.25, 0.3) is 10.1 Å². The number of benzene rings is 2. The van der Waals surface area contributed by atoms with Crippen LogP contribution in [0.15, 0.2) is 48.5 Å². The van der Waals surface area contributed by atoms with Crippen LogP contribution in [0, 0.1) is 12.7 Å². The monoisotopic (exact) mass is 424 g/mol. The molecular formula is C24H25FN2O2S. The van der Waals surface area contributed by atoms with Gasteiger partial charge in [-0.3, -0.25) is 9.59 Å². The second-order valence-electron chi connectivity index (χ2n) is 8.27. The molecule has 0 saturated carbocycles. The van der Waals surface area contributed by atoms with Crippen molar-refractivity contribution < 1.29 is 14.0 Å². The Morgan fingerprint density at radius 3 is 2.27 bits per heavy atom. The van der Waals surface area contributed by atoms with E-state index in [0.717, 1.165) is 21.2 Å². The van der Waals surface area contributed by atoms with Crippen molar-refractivity contribution in [3.8, 4) is 0 Å². The van der Waals surface area contributed by atoms with Crippen LogP contribution in [0.4, 0.5) is 4.39 Å². The number of piperazine rings is 1. The summed E-state index contributed by atoms with van der Waals surface area (Å²) in [6.45, 7) is 7.78. The Balaban J connectivity index is 1.46. The lowest BCUT2D eigenvalue weighted by atomic mass is 9.83. The smallest absolute Gasteiger partial charge is 0.264 e. The van der Waals surface area contributed by atoms with Gasteiger partial charge in [-0.25, -0.2) is 4.39 Å². The number of rotatable bonds is 3. The van der Waals surface area contributed by atoms with Crippen molar-refractivity contribution in [3.05, 3.63) is 70.4 Å². The fourth-order valence-electron chi connectivity index (χ4n) is 4.03. The Morgan fingerprint density at radius 1 is 0.967 bits per heavy atom. The molecule has 1 saturated heterocycles. The van der Waals surface area contributed by atoms with Crippen molar-refractivity contribution in [2.45, 2.75) is 26.2 Å². The summed E-state index contributed by atoms with van der Waals surface area (Å²) in [6, 6.07) is 14.4. The topological polar surface area (TPSA) is 40.6 Å². The molecule has 4 nitrogen and oxygen atoms in total. The Bertz CT molecular complexity index is 1100. The van der Waals surface area contributed by atoms with E-state index in [1.807, 2.05) is 56.0 Å². The molecular weight excluding hydrogens is 399 g/mol. The molecule has 1 aromatic heterocycles. The summed E-state index contributed by atoms with van der Waals surface area (Å²) in [5.41, 5.74) is 1.20. The van der Waals surface area contributed by atoms with E-state index in [1.165, 1.54) is 23.5 Å². The van der Waals surface area contributed by atoms with E-state index in [-0.39, 0.29) is 17.6 Å². The lowest BCUT2D eigenvalue weighted by molar-refractivity contribution is -0.137. The van der Waals surface area contributed by atoms with E-state index in [1.54, 1.807) is 11.0 Å². The molecule has 1 fully saturated rings. The van der Waals surface area contributed by atoms with Crippen molar-refractivity contribution in [1.29, 1.82) is 0 Å². The maximum atomic E-state index is 13.6. The first-order chi connectivity index (χ1) is 14.3. The minimum absolute atomic E-state index is 0.0384. The average molecular weight is 425 g/mol. The molecule has 0 unspecified atom stereocenters. The highest BCUT2D eigenvalue weighted by Gasteiger charge is 2.36. The molecule has 1 aliphatic heterocycles. The van der Waals surface area contributed by atoms with E-state index < -0.39 is 5.41 Å². The third-order valence-corrected chi connectivity index (χ3v) is 7.24. The second-order valence-corrected chi connectivity index (χ2v) is 9.32. The van der Waals surface area contributed by atoms with Crippen molar-refractivity contribution >= 4 is 33.2 Å². The van der Waals surface area contributed by atoms with Crippen molar-refractivity contribution in [3.63, 3.8) is 0 Å². The van der Waals surface area contributed by atoms with Gasteiger partial charge >= 0.3 is 0 Å². The number of hydrogen-bond donors (Lipinski definition) is 0. The van der Waals surface area contributed by atoms with E-state index in [2.05, 4.69) is 0 Å². The summed E-state index contributed by atoms with van der Waals surface area (Å²) in [7, 11) is 0. The molecule has 0 spiro atoms. The molecule has 2 aromatic carbocycles. The Kier molecular flexibility index (Phi) is 5.36. The van der Waals surface area contributed by atoms with Crippen LogP contribution in [0.5, 0.6) is 0 Å². The van der Waals surface area contributed by atoms with Gasteiger partial charge in [-0.2, -0.15) is 0 Å². The van der Waals surface area contributed by atoms with Gasteiger partial charge in [-0.15, -0.1) is 11.3 Å². The summed E-state index contributed by atoms with van der Waals surface area (Å²) in [5.74, 6) is -0.256.